The Labute approximate surface area is 81.0 Å². The van der Waals surface area contributed by atoms with Crippen molar-refractivity contribution >= 4 is 11.5 Å². The van der Waals surface area contributed by atoms with E-state index in [9.17, 15) is 10.1 Å². The molecular formula is C7H13N5O2. The first-order valence-electron chi connectivity index (χ1n) is 4.19. The van der Waals surface area contributed by atoms with Crippen LogP contribution in [0, 0.1) is 17.0 Å². The summed E-state index contributed by atoms with van der Waals surface area (Å²) in [5, 5.41) is 14.7. The number of hydrogen-bond acceptors (Lipinski definition) is 5. The number of nitrogen functional groups attached to an aromatic ring is 1. The van der Waals surface area contributed by atoms with Gasteiger partial charge in [-0.25, -0.2) is 10.5 Å². The molecule has 1 aromatic rings. The number of aryl methyl sites for hydroxylation is 1. The van der Waals surface area contributed by atoms with Gasteiger partial charge in [0, 0.05) is 6.04 Å². The van der Waals surface area contributed by atoms with E-state index >= 15 is 0 Å². The fourth-order valence-corrected chi connectivity index (χ4v) is 1.27. The zero-order valence-electron chi connectivity index (χ0n) is 8.31. The van der Waals surface area contributed by atoms with Crippen LogP contribution in [0.15, 0.2) is 0 Å². The number of nitrogens with one attached hydrogen (secondary N) is 1. The molecule has 0 aliphatic heterocycles. The van der Waals surface area contributed by atoms with E-state index in [-0.39, 0.29) is 17.5 Å². The molecule has 0 unspecified atom stereocenters. The SMILES string of the molecule is Cc1nn(C(C)C)c(NN)c1[N+](=O)[O-]. The average Bonchev–Trinajstić information content (AvgIpc) is 2.41. The Morgan fingerprint density at radius 3 is 2.57 bits per heavy atom. The highest BCUT2D eigenvalue weighted by Crippen LogP contribution is 2.29. The number of nitrogens with two attached hydrogens (primary N) is 1. The Bertz CT molecular complexity index is 357. The first-order valence-corrected chi connectivity index (χ1v) is 4.19. The molecule has 3 N–H and O–H groups in total. The molecule has 0 aromatic carbocycles. The van der Waals surface area contributed by atoms with Gasteiger partial charge < -0.3 is 5.43 Å². The van der Waals surface area contributed by atoms with Crippen LogP contribution in [0.25, 0.3) is 0 Å². The minimum absolute atomic E-state index is 0.0217. The lowest BCUT2D eigenvalue weighted by Gasteiger charge is -2.08. The largest absolute Gasteiger partial charge is 0.335 e. The van der Waals surface area contributed by atoms with Gasteiger partial charge in [-0.1, -0.05) is 0 Å². The number of nitrogens with zero attached hydrogens (tertiary/aromatic N) is 3. The van der Waals surface area contributed by atoms with Gasteiger partial charge in [-0.2, -0.15) is 5.10 Å². The van der Waals surface area contributed by atoms with Gasteiger partial charge >= 0.3 is 5.69 Å². The van der Waals surface area contributed by atoms with Crippen LogP contribution in [0.2, 0.25) is 0 Å². The summed E-state index contributed by atoms with van der Waals surface area (Å²) in [6.07, 6.45) is 0. The topological polar surface area (TPSA) is 99.0 Å². The minimum Gasteiger partial charge on any atom is -0.303 e. The predicted octanol–water partition coefficient (Wildman–Crippen LogP) is 0.966. The Morgan fingerprint density at radius 2 is 2.21 bits per heavy atom. The third kappa shape index (κ3) is 1.53. The van der Waals surface area contributed by atoms with Crippen LogP contribution in [0.4, 0.5) is 11.5 Å². The summed E-state index contributed by atoms with van der Waals surface area (Å²) < 4.78 is 1.49. The van der Waals surface area contributed by atoms with E-state index in [2.05, 4.69) is 10.5 Å². The quantitative estimate of drug-likeness (QED) is 0.429. The lowest BCUT2D eigenvalue weighted by atomic mass is 10.3. The van der Waals surface area contributed by atoms with Crippen molar-refractivity contribution in [3.05, 3.63) is 15.8 Å². The summed E-state index contributed by atoms with van der Waals surface area (Å²) in [7, 11) is 0. The fourth-order valence-electron chi connectivity index (χ4n) is 1.27. The smallest absolute Gasteiger partial charge is 0.303 e. The monoisotopic (exact) mass is 199 g/mol. The average molecular weight is 199 g/mol. The minimum atomic E-state index is -0.490. The molecule has 0 amide bonds. The van der Waals surface area contributed by atoms with E-state index in [0.29, 0.717) is 5.69 Å². The highest BCUT2D eigenvalue weighted by Gasteiger charge is 2.25. The fraction of sp³-hybridized carbons (Fsp3) is 0.571. The lowest BCUT2D eigenvalue weighted by molar-refractivity contribution is -0.384. The molecule has 1 rings (SSSR count). The standard InChI is InChI=1S/C7H13N5O2/c1-4(2)11-7(9-8)6(12(13)14)5(3)10-11/h4,9H,8H2,1-3H3. The highest BCUT2D eigenvalue weighted by atomic mass is 16.6. The second-order valence-electron chi connectivity index (χ2n) is 3.22. The van der Waals surface area contributed by atoms with Crippen LogP contribution in [-0.4, -0.2) is 14.7 Å². The Hall–Kier alpha value is -1.63. The van der Waals surface area contributed by atoms with Crippen LogP contribution in [-0.2, 0) is 0 Å². The van der Waals surface area contributed by atoms with Gasteiger partial charge in [-0.05, 0) is 20.8 Å². The number of aromatic nitrogens is 2. The maximum Gasteiger partial charge on any atom is 0.335 e. The van der Waals surface area contributed by atoms with Gasteiger partial charge in [-0.15, -0.1) is 0 Å². The molecule has 0 fully saturated rings. The highest BCUT2D eigenvalue weighted by molar-refractivity contribution is 5.58. The zero-order chi connectivity index (χ0) is 10.9. The number of anilines is 1. The Balaban J connectivity index is 3.35. The summed E-state index contributed by atoms with van der Waals surface area (Å²) in [5.41, 5.74) is 2.60. The van der Waals surface area contributed by atoms with Crippen LogP contribution < -0.4 is 11.3 Å². The lowest BCUT2D eigenvalue weighted by Crippen LogP contribution is -2.15. The van der Waals surface area contributed by atoms with Crippen LogP contribution in [0.1, 0.15) is 25.6 Å². The molecule has 7 nitrogen and oxygen atoms in total. The Morgan fingerprint density at radius 1 is 1.64 bits per heavy atom. The van der Waals surface area contributed by atoms with Crippen molar-refractivity contribution in [2.45, 2.75) is 26.8 Å². The Kier molecular flexibility index (Phi) is 2.70. The van der Waals surface area contributed by atoms with Crippen LogP contribution >= 0.6 is 0 Å². The molecule has 0 bridgehead atoms. The molecule has 0 saturated heterocycles. The van der Waals surface area contributed by atoms with Gasteiger partial charge in [-0.3, -0.25) is 10.1 Å². The van der Waals surface area contributed by atoms with E-state index in [1.54, 1.807) is 6.92 Å². The first-order chi connectivity index (χ1) is 6.49. The van der Waals surface area contributed by atoms with Gasteiger partial charge in [0.05, 0.1) is 4.92 Å². The zero-order valence-corrected chi connectivity index (χ0v) is 8.31. The molecule has 78 valence electrons. The third-order valence-electron chi connectivity index (χ3n) is 1.86. The van der Waals surface area contributed by atoms with Crippen molar-refractivity contribution in [2.24, 2.45) is 5.84 Å². The first kappa shape index (κ1) is 10.5. The molecule has 0 saturated carbocycles. The van der Waals surface area contributed by atoms with Crippen molar-refractivity contribution in [1.82, 2.24) is 9.78 Å². The predicted molar refractivity (Wildman–Crippen MR) is 51.8 cm³/mol. The molecule has 0 aliphatic carbocycles. The van der Waals surface area contributed by atoms with Crippen molar-refractivity contribution in [2.75, 3.05) is 5.43 Å². The summed E-state index contributed by atoms with van der Waals surface area (Å²) in [5.74, 6) is 5.46. The third-order valence-corrected chi connectivity index (χ3v) is 1.86. The van der Waals surface area contributed by atoms with E-state index in [4.69, 9.17) is 5.84 Å². The van der Waals surface area contributed by atoms with Crippen molar-refractivity contribution in [1.29, 1.82) is 0 Å². The summed E-state index contributed by atoms with van der Waals surface area (Å²) in [6.45, 7) is 5.33. The number of hydrogen-bond donors (Lipinski definition) is 2. The maximum absolute atomic E-state index is 10.7. The van der Waals surface area contributed by atoms with E-state index < -0.39 is 4.92 Å². The number of hydrazine groups is 1. The molecule has 7 heteroatoms. The van der Waals surface area contributed by atoms with Gasteiger partial charge in [0.2, 0.25) is 5.82 Å². The number of nitro groups is 1. The van der Waals surface area contributed by atoms with Gasteiger partial charge in [0.1, 0.15) is 5.69 Å². The van der Waals surface area contributed by atoms with Crippen molar-refractivity contribution < 1.29 is 4.92 Å². The molecule has 0 spiro atoms. The normalized spacial score (nSPS) is 10.6. The second kappa shape index (κ2) is 3.62. The molecule has 0 radical (unpaired) electrons. The van der Waals surface area contributed by atoms with Crippen LogP contribution in [0.5, 0.6) is 0 Å². The molecule has 0 aliphatic rings. The van der Waals surface area contributed by atoms with Gasteiger partial charge in [0.25, 0.3) is 0 Å². The van der Waals surface area contributed by atoms with E-state index in [0.717, 1.165) is 0 Å². The van der Waals surface area contributed by atoms with Crippen molar-refractivity contribution in [3.8, 4) is 0 Å². The summed E-state index contributed by atoms with van der Waals surface area (Å²) >= 11 is 0. The van der Waals surface area contributed by atoms with Gasteiger partial charge in [0.15, 0.2) is 0 Å². The van der Waals surface area contributed by atoms with E-state index in [1.165, 1.54) is 4.68 Å². The van der Waals surface area contributed by atoms with Crippen molar-refractivity contribution in [3.63, 3.8) is 0 Å². The molecule has 0 atom stereocenters. The summed E-state index contributed by atoms with van der Waals surface area (Å²) in [4.78, 5) is 10.2. The molecular weight excluding hydrogens is 186 g/mol. The maximum atomic E-state index is 10.7. The molecule has 14 heavy (non-hydrogen) atoms. The molecule has 1 heterocycles. The second-order valence-corrected chi connectivity index (χ2v) is 3.22. The van der Waals surface area contributed by atoms with E-state index in [1.807, 2.05) is 13.8 Å². The molecule has 1 aromatic heterocycles. The summed E-state index contributed by atoms with van der Waals surface area (Å²) in [6, 6.07) is 0.0217. The van der Waals surface area contributed by atoms with Crippen LogP contribution in [0.3, 0.4) is 0 Å². The number of rotatable bonds is 3.